The third kappa shape index (κ3) is 3.66. The van der Waals surface area contributed by atoms with Gasteiger partial charge in [0.25, 0.3) is 0 Å². The number of nitrogens with one attached hydrogen (secondary N) is 1. The smallest absolute Gasteiger partial charge is 0.409 e. The molecular weight excluding hydrogens is 246 g/mol. The van der Waals surface area contributed by atoms with E-state index in [2.05, 4.69) is 15.4 Å². The predicted molar refractivity (Wildman–Crippen MR) is 69.7 cm³/mol. The van der Waals surface area contributed by atoms with E-state index < -0.39 is 0 Å². The zero-order valence-electron chi connectivity index (χ0n) is 11.5. The van der Waals surface area contributed by atoms with Gasteiger partial charge in [-0.05, 0) is 13.3 Å². The first-order valence-electron chi connectivity index (χ1n) is 6.68. The van der Waals surface area contributed by atoms with Crippen LogP contribution in [0.15, 0.2) is 6.33 Å². The maximum absolute atomic E-state index is 11.6. The zero-order valence-corrected chi connectivity index (χ0v) is 11.5. The highest BCUT2D eigenvalue weighted by Gasteiger charge is 2.26. The number of rotatable bonds is 5. The molecule has 106 valence electrons. The van der Waals surface area contributed by atoms with Crippen LogP contribution in [0.1, 0.15) is 19.2 Å². The van der Waals surface area contributed by atoms with Crippen LogP contribution < -0.4 is 5.32 Å². The van der Waals surface area contributed by atoms with E-state index in [-0.39, 0.29) is 6.09 Å². The first kappa shape index (κ1) is 13.8. The highest BCUT2D eigenvalue weighted by Crippen LogP contribution is 2.10. The third-order valence-electron chi connectivity index (χ3n) is 3.30. The van der Waals surface area contributed by atoms with E-state index in [1.165, 1.54) is 0 Å². The fraction of sp³-hybridized carbons (Fsp3) is 0.750. The average molecular weight is 267 g/mol. The van der Waals surface area contributed by atoms with Gasteiger partial charge >= 0.3 is 6.09 Å². The van der Waals surface area contributed by atoms with E-state index in [4.69, 9.17) is 4.74 Å². The van der Waals surface area contributed by atoms with E-state index in [1.807, 2.05) is 14.0 Å². The Balaban J connectivity index is 1.68. The van der Waals surface area contributed by atoms with Crippen LogP contribution in [0.5, 0.6) is 0 Å². The number of aryl methyl sites for hydroxylation is 1. The summed E-state index contributed by atoms with van der Waals surface area (Å²) in [5, 5.41) is 7.47. The first-order chi connectivity index (χ1) is 9.20. The number of hydrogen-bond acceptors (Lipinski definition) is 5. The van der Waals surface area contributed by atoms with E-state index in [1.54, 1.807) is 15.9 Å². The van der Waals surface area contributed by atoms with Crippen molar-refractivity contribution >= 4 is 6.09 Å². The van der Waals surface area contributed by atoms with Gasteiger partial charge in [0.05, 0.1) is 6.61 Å². The molecule has 0 aromatic carbocycles. The lowest BCUT2D eigenvalue weighted by molar-refractivity contribution is 0.115. The number of hydrogen-bond donors (Lipinski definition) is 1. The molecule has 2 heterocycles. The molecule has 1 aromatic heterocycles. The number of aromatic nitrogens is 3. The number of amides is 1. The Morgan fingerprint density at radius 1 is 1.63 bits per heavy atom. The summed E-state index contributed by atoms with van der Waals surface area (Å²) in [4.78, 5) is 17.5. The number of carbonyl (C=O) groups is 1. The molecule has 2 rings (SSSR count). The fourth-order valence-electron chi connectivity index (χ4n) is 2.24. The molecule has 1 N–H and O–H groups in total. The normalized spacial score (nSPS) is 18.8. The minimum absolute atomic E-state index is 0.208. The Kier molecular flexibility index (Phi) is 4.73. The van der Waals surface area contributed by atoms with Crippen molar-refractivity contribution in [3.8, 4) is 0 Å². The van der Waals surface area contributed by atoms with Gasteiger partial charge in [0, 0.05) is 39.1 Å². The van der Waals surface area contributed by atoms with Crippen molar-refractivity contribution in [1.82, 2.24) is 25.0 Å². The lowest BCUT2D eigenvalue weighted by atomic mass is 10.2. The maximum atomic E-state index is 11.6. The van der Waals surface area contributed by atoms with Crippen LogP contribution in [0.2, 0.25) is 0 Å². The summed E-state index contributed by atoms with van der Waals surface area (Å²) in [6.07, 6.45) is 3.16. The second-order valence-corrected chi connectivity index (χ2v) is 4.63. The van der Waals surface area contributed by atoms with Gasteiger partial charge in [-0.15, -0.1) is 0 Å². The molecule has 1 amide bonds. The second-order valence-electron chi connectivity index (χ2n) is 4.63. The number of ether oxygens (including phenoxy) is 1. The molecule has 7 heteroatoms. The van der Waals surface area contributed by atoms with Gasteiger partial charge < -0.3 is 15.0 Å². The zero-order chi connectivity index (χ0) is 13.7. The average Bonchev–Trinajstić information content (AvgIpc) is 3.00. The predicted octanol–water partition coefficient (Wildman–Crippen LogP) is 0.178. The highest BCUT2D eigenvalue weighted by atomic mass is 16.6. The Morgan fingerprint density at radius 3 is 3.16 bits per heavy atom. The van der Waals surface area contributed by atoms with E-state index in [0.29, 0.717) is 12.6 Å². The summed E-state index contributed by atoms with van der Waals surface area (Å²) < 4.78 is 6.77. The molecular formula is C12H21N5O2. The largest absolute Gasteiger partial charge is 0.450 e. The molecule has 0 unspecified atom stereocenters. The summed E-state index contributed by atoms with van der Waals surface area (Å²) in [6.45, 7) is 4.58. The van der Waals surface area contributed by atoms with Crippen molar-refractivity contribution in [2.45, 2.75) is 25.8 Å². The summed E-state index contributed by atoms with van der Waals surface area (Å²) in [6, 6.07) is 0.345. The summed E-state index contributed by atoms with van der Waals surface area (Å²) in [5.74, 6) is 0.966. The van der Waals surface area contributed by atoms with Crippen LogP contribution in [0, 0.1) is 0 Å². The van der Waals surface area contributed by atoms with Crippen LogP contribution >= 0.6 is 0 Å². The summed E-state index contributed by atoms with van der Waals surface area (Å²) in [5.41, 5.74) is 0. The molecule has 19 heavy (non-hydrogen) atoms. The topological polar surface area (TPSA) is 72.3 Å². The van der Waals surface area contributed by atoms with Crippen molar-refractivity contribution in [2.24, 2.45) is 7.05 Å². The van der Waals surface area contributed by atoms with Crippen LogP contribution in [-0.2, 0) is 18.2 Å². The fourth-order valence-corrected chi connectivity index (χ4v) is 2.24. The second kappa shape index (κ2) is 6.51. The SMILES string of the molecule is CCOC(=O)N1CC[C@H](NCCc2ncnn2C)C1. The summed E-state index contributed by atoms with van der Waals surface area (Å²) >= 11 is 0. The van der Waals surface area contributed by atoms with Crippen LogP contribution in [0.4, 0.5) is 4.79 Å². The first-order valence-corrected chi connectivity index (χ1v) is 6.68. The third-order valence-corrected chi connectivity index (χ3v) is 3.30. The van der Waals surface area contributed by atoms with Gasteiger partial charge in [-0.2, -0.15) is 5.10 Å². The number of nitrogens with zero attached hydrogens (tertiary/aromatic N) is 4. The van der Waals surface area contributed by atoms with Crippen molar-refractivity contribution < 1.29 is 9.53 Å². The van der Waals surface area contributed by atoms with Gasteiger partial charge in [-0.3, -0.25) is 4.68 Å². The maximum Gasteiger partial charge on any atom is 0.409 e. The van der Waals surface area contributed by atoms with E-state index in [0.717, 1.165) is 38.3 Å². The monoisotopic (exact) mass is 267 g/mol. The molecule has 1 saturated heterocycles. The lowest BCUT2D eigenvalue weighted by Crippen LogP contribution is -2.36. The van der Waals surface area contributed by atoms with Gasteiger partial charge in [0.2, 0.25) is 0 Å². The van der Waals surface area contributed by atoms with Crippen LogP contribution in [0.25, 0.3) is 0 Å². The Morgan fingerprint density at radius 2 is 2.47 bits per heavy atom. The Bertz CT molecular complexity index is 420. The molecule has 0 radical (unpaired) electrons. The van der Waals surface area contributed by atoms with Crippen molar-refractivity contribution in [3.63, 3.8) is 0 Å². The highest BCUT2D eigenvalue weighted by molar-refractivity contribution is 5.68. The van der Waals surface area contributed by atoms with Crippen LogP contribution in [-0.4, -0.2) is 58.0 Å². The van der Waals surface area contributed by atoms with Crippen molar-refractivity contribution in [3.05, 3.63) is 12.2 Å². The van der Waals surface area contributed by atoms with Gasteiger partial charge in [-0.25, -0.2) is 9.78 Å². The summed E-state index contributed by atoms with van der Waals surface area (Å²) in [7, 11) is 1.89. The Labute approximate surface area is 112 Å². The lowest BCUT2D eigenvalue weighted by Gasteiger charge is -2.16. The van der Waals surface area contributed by atoms with E-state index in [9.17, 15) is 4.79 Å². The molecule has 0 bridgehead atoms. The molecule has 0 aliphatic carbocycles. The minimum Gasteiger partial charge on any atom is -0.450 e. The van der Waals surface area contributed by atoms with E-state index >= 15 is 0 Å². The molecule has 1 fully saturated rings. The molecule has 0 spiro atoms. The van der Waals surface area contributed by atoms with Crippen LogP contribution in [0.3, 0.4) is 0 Å². The molecule has 1 aliphatic heterocycles. The minimum atomic E-state index is -0.208. The Hall–Kier alpha value is -1.63. The molecule has 1 aliphatic rings. The van der Waals surface area contributed by atoms with Gasteiger partial charge in [-0.1, -0.05) is 0 Å². The van der Waals surface area contributed by atoms with Gasteiger partial charge in [0.1, 0.15) is 12.2 Å². The van der Waals surface area contributed by atoms with Gasteiger partial charge in [0.15, 0.2) is 0 Å². The number of carbonyl (C=O) groups excluding carboxylic acids is 1. The molecule has 1 atom stereocenters. The molecule has 1 aromatic rings. The molecule has 7 nitrogen and oxygen atoms in total. The van der Waals surface area contributed by atoms with Crippen molar-refractivity contribution in [1.29, 1.82) is 0 Å². The standard InChI is InChI=1S/C12H21N5O2/c1-3-19-12(18)17-7-5-10(8-17)13-6-4-11-14-9-15-16(11)2/h9-10,13H,3-8H2,1-2H3/t10-/m0/s1. The molecule has 0 saturated carbocycles. The number of likely N-dealkylation sites (tertiary alicyclic amines) is 1. The van der Waals surface area contributed by atoms with Crippen molar-refractivity contribution in [2.75, 3.05) is 26.2 Å². The quantitative estimate of drug-likeness (QED) is 0.824.